The van der Waals surface area contributed by atoms with E-state index in [-0.39, 0.29) is 30.5 Å². The number of piperidine rings is 1. The lowest BCUT2D eigenvalue weighted by atomic mass is 9.90. The van der Waals surface area contributed by atoms with Crippen molar-refractivity contribution >= 4 is 18.3 Å². The van der Waals surface area contributed by atoms with Crippen LogP contribution in [0.1, 0.15) is 57.1 Å². The molecule has 1 saturated carbocycles. The highest BCUT2D eigenvalue weighted by Crippen LogP contribution is 2.34. The molecule has 1 aliphatic carbocycles. The van der Waals surface area contributed by atoms with Crippen LogP contribution in [0.5, 0.6) is 11.5 Å². The van der Waals surface area contributed by atoms with Crippen molar-refractivity contribution in [2.45, 2.75) is 63.2 Å². The predicted molar refractivity (Wildman–Crippen MR) is 112 cm³/mol. The topological polar surface area (TPSA) is 68.8 Å². The van der Waals surface area contributed by atoms with Crippen molar-refractivity contribution < 1.29 is 19.0 Å². The zero-order valence-electron chi connectivity index (χ0n) is 17.1. The Hall–Kier alpha value is -1.50. The summed E-state index contributed by atoms with van der Waals surface area (Å²) in [5.41, 5.74) is 0.244. The van der Waals surface area contributed by atoms with Gasteiger partial charge in [0.2, 0.25) is 0 Å². The monoisotopic (exact) mass is 412 g/mol. The molecular weight excluding hydrogens is 380 g/mol. The van der Waals surface area contributed by atoms with Crippen molar-refractivity contribution in [1.29, 1.82) is 0 Å². The molecule has 0 aromatic heterocycles. The quantitative estimate of drug-likeness (QED) is 0.718. The second-order valence-corrected chi connectivity index (χ2v) is 7.58. The molecule has 2 aliphatic rings. The normalized spacial score (nSPS) is 20.1. The largest absolute Gasteiger partial charge is 0.493 e. The number of rotatable bonds is 7. The van der Waals surface area contributed by atoms with Gasteiger partial charge in [0.15, 0.2) is 11.5 Å². The highest BCUT2D eigenvalue weighted by molar-refractivity contribution is 5.86. The van der Waals surface area contributed by atoms with E-state index in [1.807, 2.05) is 25.1 Å². The zero-order chi connectivity index (χ0) is 19.3. The molecule has 0 radical (unpaired) electrons. The Bertz CT molecular complexity index is 643. The molecule has 1 heterocycles. The molecule has 2 N–H and O–H groups in total. The maximum Gasteiger partial charge on any atom is 0.252 e. The lowest BCUT2D eigenvalue weighted by Gasteiger charge is -2.35. The van der Waals surface area contributed by atoms with Crippen LogP contribution in [0, 0.1) is 0 Å². The molecule has 1 saturated heterocycles. The lowest BCUT2D eigenvalue weighted by Crippen LogP contribution is -2.54. The summed E-state index contributed by atoms with van der Waals surface area (Å²) in [5.74, 6) is 1.44. The van der Waals surface area contributed by atoms with Gasteiger partial charge in [0.1, 0.15) is 5.60 Å². The fourth-order valence-electron chi connectivity index (χ4n) is 4.00. The first-order valence-corrected chi connectivity index (χ1v) is 9.99. The molecule has 1 aliphatic heterocycles. The van der Waals surface area contributed by atoms with Crippen LogP contribution in [0.2, 0.25) is 0 Å². The summed E-state index contributed by atoms with van der Waals surface area (Å²) in [5, 5.41) is 6.39. The van der Waals surface area contributed by atoms with Crippen LogP contribution >= 0.6 is 12.4 Å². The van der Waals surface area contributed by atoms with Crippen molar-refractivity contribution in [3.8, 4) is 11.5 Å². The van der Waals surface area contributed by atoms with Crippen molar-refractivity contribution in [3.63, 3.8) is 0 Å². The average Bonchev–Trinajstić information content (AvgIpc) is 3.21. The van der Waals surface area contributed by atoms with Gasteiger partial charge in [-0.2, -0.15) is 0 Å². The Morgan fingerprint density at radius 1 is 1.18 bits per heavy atom. The SMILES string of the molecule is COc1cc(C(C)NC(=O)C2(OC)CCNCC2)ccc1OC1CCCC1.Cl. The van der Waals surface area contributed by atoms with Crippen molar-refractivity contribution in [3.05, 3.63) is 23.8 Å². The van der Waals surface area contributed by atoms with E-state index in [1.165, 1.54) is 12.8 Å². The minimum atomic E-state index is -0.741. The van der Waals surface area contributed by atoms with E-state index in [0.717, 1.165) is 37.2 Å². The number of hydrogen-bond acceptors (Lipinski definition) is 5. The summed E-state index contributed by atoms with van der Waals surface area (Å²) in [7, 11) is 3.27. The highest BCUT2D eigenvalue weighted by atomic mass is 35.5. The van der Waals surface area contributed by atoms with Crippen LogP contribution in [-0.2, 0) is 9.53 Å². The zero-order valence-corrected chi connectivity index (χ0v) is 17.9. The molecule has 1 amide bonds. The molecule has 6 nitrogen and oxygen atoms in total. The molecule has 2 fully saturated rings. The molecule has 0 spiro atoms. The second-order valence-electron chi connectivity index (χ2n) is 7.58. The van der Waals surface area contributed by atoms with Gasteiger partial charge in [-0.3, -0.25) is 4.79 Å². The summed E-state index contributed by atoms with van der Waals surface area (Å²) in [4.78, 5) is 12.9. The number of ether oxygens (including phenoxy) is 3. The fraction of sp³-hybridized carbons (Fsp3) is 0.667. The maximum atomic E-state index is 12.9. The third-order valence-electron chi connectivity index (χ3n) is 5.85. The van der Waals surface area contributed by atoms with Crippen molar-refractivity contribution in [1.82, 2.24) is 10.6 Å². The van der Waals surface area contributed by atoms with Gasteiger partial charge in [-0.1, -0.05) is 6.07 Å². The lowest BCUT2D eigenvalue weighted by molar-refractivity contribution is -0.147. The molecular formula is C21H33ClN2O4. The number of carbonyl (C=O) groups excluding carboxylic acids is 1. The molecule has 0 bridgehead atoms. The van der Waals surface area contributed by atoms with Gasteiger partial charge in [0.05, 0.1) is 19.3 Å². The molecule has 1 atom stereocenters. The van der Waals surface area contributed by atoms with Gasteiger partial charge in [-0.25, -0.2) is 0 Å². The minimum Gasteiger partial charge on any atom is -0.493 e. The van der Waals surface area contributed by atoms with E-state index < -0.39 is 5.60 Å². The third-order valence-corrected chi connectivity index (χ3v) is 5.85. The number of methoxy groups -OCH3 is 2. The van der Waals surface area contributed by atoms with Crippen LogP contribution < -0.4 is 20.1 Å². The Labute approximate surface area is 174 Å². The highest BCUT2D eigenvalue weighted by Gasteiger charge is 2.40. The molecule has 158 valence electrons. The summed E-state index contributed by atoms with van der Waals surface area (Å²) >= 11 is 0. The van der Waals surface area contributed by atoms with Gasteiger partial charge in [0.25, 0.3) is 5.91 Å². The predicted octanol–water partition coefficient (Wildman–Crippen LogP) is 3.38. The van der Waals surface area contributed by atoms with E-state index >= 15 is 0 Å². The van der Waals surface area contributed by atoms with Crippen molar-refractivity contribution in [2.75, 3.05) is 27.3 Å². The molecule has 1 aromatic carbocycles. The van der Waals surface area contributed by atoms with E-state index in [2.05, 4.69) is 10.6 Å². The first-order chi connectivity index (χ1) is 13.1. The van der Waals surface area contributed by atoms with Crippen LogP contribution in [0.4, 0.5) is 0 Å². The summed E-state index contributed by atoms with van der Waals surface area (Å²) in [6.07, 6.45) is 6.30. The van der Waals surface area contributed by atoms with Gasteiger partial charge in [-0.15, -0.1) is 12.4 Å². The van der Waals surface area contributed by atoms with Crippen LogP contribution in [0.25, 0.3) is 0 Å². The first-order valence-electron chi connectivity index (χ1n) is 9.99. The van der Waals surface area contributed by atoms with Crippen LogP contribution in [0.15, 0.2) is 18.2 Å². The molecule has 1 aromatic rings. The number of halogens is 1. The van der Waals surface area contributed by atoms with Gasteiger partial charge in [0, 0.05) is 7.11 Å². The van der Waals surface area contributed by atoms with Gasteiger partial charge >= 0.3 is 0 Å². The van der Waals surface area contributed by atoms with E-state index in [0.29, 0.717) is 18.6 Å². The van der Waals surface area contributed by atoms with E-state index in [4.69, 9.17) is 14.2 Å². The molecule has 1 unspecified atom stereocenters. The standard InChI is InChI=1S/C21H32N2O4.ClH/c1-15(23-20(24)21(26-3)10-12-22-13-11-21)16-8-9-18(19(14-16)25-2)27-17-6-4-5-7-17;/h8-9,14-15,17,22H,4-7,10-13H2,1-3H3,(H,23,24);1H. The summed E-state index contributed by atoms with van der Waals surface area (Å²) in [6.45, 7) is 3.56. The van der Waals surface area contributed by atoms with Gasteiger partial charge < -0.3 is 24.8 Å². The summed E-state index contributed by atoms with van der Waals surface area (Å²) < 4.78 is 17.3. The third kappa shape index (κ3) is 5.10. The maximum absolute atomic E-state index is 12.9. The Kier molecular flexibility index (Phi) is 8.40. The Morgan fingerprint density at radius 2 is 1.86 bits per heavy atom. The fourth-order valence-corrected chi connectivity index (χ4v) is 4.00. The molecule has 28 heavy (non-hydrogen) atoms. The van der Waals surface area contributed by atoms with E-state index in [1.54, 1.807) is 14.2 Å². The number of amides is 1. The molecule has 7 heteroatoms. The Balaban J connectivity index is 0.00000280. The minimum absolute atomic E-state index is 0. The van der Waals surface area contributed by atoms with Crippen molar-refractivity contribution in [2.24, 2.45) is 0 Å². The number of hydrogen-bond donors (Lipinski definition) is 2. The van der Waals surface area contributed by atoms with Crippen LogP contribution in [-0.4, -0.2) is 44.9 Å². The summed E-state index contributed by atoms with van der Waals surface area (Å²) in [6, 6.07) is 5.76. The van der Waals surface area contributed by atoms with E-state index in [9.17, 15) is 4.79 Å². The Morgan fingerprint density at radius 3 is 2.46 bits per heavy atom. The number of nitrogens with one attached hydrogen (secondary N) is 2. The number of carbonyl (C=O) groups is 1. The van der Waals surface area contributed by atoms with Crippen LogP contribution in [0.3, 0.4) is 0 Å². The number of benzene rings is 1. The smallest absolute Gasteiger partial charge is 0.252 e. The average molecular weight is 413 g/mol. The van der Waals surface area contributed by atoms with Gasteiger partial charge in [-0.05, 0) is 76.2 Å². The molecule has 3 rings (SSSR count). The first kappa shape index (κ1) is 22.8. The second kappa shape index (κ2) is 10.3.